The maximum absolute atomic E-state index is 5.33. The van der Waals surface area contributed by atoms with Crippen LogP contribution in [0.25, 0.3) is 10.9 Å². The summed E-state index contributed by atoms with van der Waals surface area (Å²) in [7, 11) is 1.67. The van der Waals surface area contributed by atoms with Gasteiger partial charge in [-0.15, -0.1) is 0 Å². The van der Waals surface area contributed by atoms with Crippen LogP contribution in [0.4, 0.5) is 5.69 Å². The minimum absolute atomic E-state index is 0.829. The van der Waals surface area contributed by atoms with Crippen LogP contribution in [0.3, 0.4) is 0 Å². The number of nitrogens with zero attached hydrogens (tertiary/aromatic N) is 1. The van der Waals surface area contributed by atoms with E-state index in [1.165, 1.54) is 5.39 Å². The van der Waals surface area contributed by atoms with Gasteiger partial charge in [0.15, 0.2) is 0 Å². The Kier molecular flexibility index (Phi) is 2.65. The molecule has 0 saturated carbocycles. The molecule has 0 aliphatic heterocycles. The molecule has 0 radical (unpaired) electrons. The van der Waals surface area contributed by atoms with Crippen molar-refractivity contribution in [2.45, 2.75) is 0 Å². The van der Waals surface area contributed by atoms with E-state index in [1.54, 1.807) is 7.11 Å². The number of hydrogen-bond acceptors (Lipinski definition) is 2. The van der Waals surface area contributed by atoms with E-state index in [0.29, 0.717) is 0 Å². The standard InChI is InChI=1S/C15H14N2O/c1-18-15-9-5-3-7-13(15)16-17-11-10-12-6-2-4-8-14(12)17/h2-11,16H,1H3. The van der Waals surface area contributed by atoms with Gasteiger partial charge in [0.1, 0.15) is 5.75 Å². The van der Waals surface area contributed by atoms with Crippen molar-refractivity contribution in [3.63, 3.8) is 0 Å². The van der Waals surface area contributed by atoms with Gasteiger partial charge in [0, 0.05) is 11.6 Å². The van der Waals surface area contributed by atoms with Crippen LogP contribution in [0.1, 0.15) is 0 Å². The van der Waals surface area contributed by atoms with Gasteiger partial charge in [-0.3, -0.25) is 10.1 Å². The number of benzene rings is 2. The molecule has 0 spiro atoms. The number of para-hydroxylation sites is 3. The lowest BCUT2D eigenvalue weighted by Gasteiger charge is -2.12. The number of rotatable bonds is 3. The Morgan fingerprint density at radius 2 is 1.72 bits per heavy atom. The molecule has 0 unspecified atom stereocenters. The Hall–Kier alpha value is -2.42. The minimum atomic E-state index is 0.829. The second kappa shape index (κ2) is 4.45. The summed E-state index contributed by atoms with van der Waals surface area (Å²) in [6.07, 6.45) is 2.01. The van der Waals surface area contributed by atoms with Crippen LogP contribution < -0.4 is 10.2 Å². The second-order valence-corrected chi connectivity index (χ2v) is 4.06. The summed E-state index contributed by atoms with van der Waals surface area (Å²) >= 11 is 0. The van der Waals surface area contributed by atoms with Crippen molar-refractivity contribution in [3.05, 3.63) is 60.8 Å². The highest BCUT2D eigenvalue weighted by molar-refractivity contribution is 5.80. The van der Waals surface area contributed by atoms with Crippen LogP contribution in [-0.2, 0) is 0 Å². The van der Waals surface area contributed by atoms with Crippen LogP contribution in [0.5, 0.6) is 5.75 Å². The molecule has 3 heteroatoms. The Morgan fingerprint density at radius 1 is 0.944 bits per heavy atom. The van der Waals surface area contributed by atoms with Gasteiger partial charge in [-0.05, 0) is 24.3 Å². The van der Waals surface area contributed by atoms with Gasteiger partial charge in [0.25, 0.3) is 0 Å². The van der Waals surface area contributed by atoms with Crippen LogP contribution in [0, 0.1) is 0 Å². The normalized spacial score (nSPS) is 10.5. The number of anilines is 1. The zero-order valence-corrected chi connectivity index (χ0v) is 10.1. The van der Waals surface area contributed by atoms with Crippen molar-refractivity contribution in [3.8, 4) is 5.75 Å². The molecule has 2 aromatic carbocycles. The number of fused-ring (bicyclic) bond motifs is 1. The Morgan fingerprint density at radius 3 is 2.61 bits per heavy atom. The van der Waals surface area contributed by atoms with Gasteiger partial charge >= 0.3 is 0 Å². The maximum atomic E-state index is 5.33. The Bertz CT molecular complexity index is 673. The molecule has 0 aliphatic carbocycles. The molecule has 3 nitrogen and oxygen atoms in total. The van der Waals surface area contributed by atoms with Crippen molar-refractivity contribution in [1.82, 2.24) is 4.68 Å². The fourth-order valence-corrected chi connectivity index (χ4v) is 2.05. The van der Waals surface area contributed by atoms with E-state index in [4.69, 9.17) is 4.74 Å². The second-order valence-electron chi connectivity index (χ2n) is 4.06. The number of methoxy groups -OCH3 is 1. The molecule has 0 amide bonds. The van der Waals surface area contributed by atoms with E-state index in [0.717, 1.165) is 17.0 Å². The largest absolute Gasteiger partial charge is 0.495 e. The fourth-order valence-electron chi connectivity index (χ4n) is 2.05. The van der Waals surface area contributed by atoms with Crippen molar-refractivity contribution in [1.29, 1.82) is 0 Å². The van der Waals surface area contributed by atoms with E-state index < -0.39 is 0 Å². The van der Waals surface area contributed by atoms with Crippen LogP contribution in [0.15, 0.2) is 60.8 Å². The third-order valence-corrected chi connectivity index (χ3v) is 2.95. The lowest BCUT2D eigenvalue weighted by Crippen LogP contribution is -2.08. The molecule has 0 aliphatic rings. The molecule has 3 aromatic rings. The summed E-state index contributed by atoms with van der Waals surface area (Å²) in [4.78, 5) is 0. The lowest BCUT2D eigenvalue weighted by atomic mass is 10.2. The first-order valence-corrected chi connectivity index (χ1v) is 5.84. The van der Waals surface area contributed by atoms with Crippen molar-refractivity contribution >= 4 is 16.6 Å². The third-order valence-electron chi connectivity index (χ3n) is 2.95. The maximum Gasteiger partial charge on any atom is 0.143 e. The van der Waals surface area contributed by atoms with Crippen LogP contribution in [0.2, 0.25) is 0 Å². The van der Waals surface area contributed by atoms with E-state index in [-0.39, 0.29) is 0 Å². The molecule has 0 atom stereocenters. The topological polar surface area (TPSA) is 26.2 Å². The number of hydrogen-bond donors (Lipinski definition) is 1. The lowest BCUT2D eigenvalue weighted by molar-refractivity contribution is 0.416. The predicted molar refractivity (Wildman–Crippen MR) is 74.0 cm³/mol. The van der Waals surface area contributed by atoms with Gasteiger partial charge in [-0.1, -0.05) is 30.3 Å². The molecule has 18 heavy (non-hydrogen) atoms. The van der Waals surface area contributed by atoms with Gasteiger partial charge in [-0.2, -0.15) is 0 Å². The third kappa shape index (κ3) is 1.80. The molecular formula is C15H14N2O. The first-order valence-electron chi connectivity index (χ1n) is 5.84. The summed E-state index contributed by atoms with van der Waals surface area (Å²) in [6.45, 7) is 0. The summed E-state index contributed by atoms with van der Waals surface area (Å²) in [6, 6.07) is 18.2. The van der Waals surface area contributed by atoms with Gasteiger partial charge in [-0.25, -0.2) is 0 Å². The first-order chi connectivity index (χ1) is 8.88. The quantitative estimate of drug-likeness (QED) is 0.755. The fraction of sp³-hybridized carbons (Fsp3) is 0.0667. The van der Waals surface area contributed by atoms with Gasteiger partial charge < -0.3 is 4.74 Å². The van der Waals surface area contributed by atoms with Crippen LogP contribution >= 0.6 is 0 Å². The molecule has 1 heterocycles. The molecule has 90 valence electrons. The molecular weight excluding hydrogens is 224 g/mol. The molecule has 3 rings (SSSR count). The zero-order valence-electron chi connectivity index (χ0n) is 10.1. The molecule has 1 aromatic heterocycles. The van der Waals surface area contributed by atoms with E-state index in [1.807, 2.05) is 47.3 Å². The summed E-state index contributed by atoms with van der Waals surface area (Å²) in [5.41, 5.74) is 5.43. The van der Waals surface area contributed by atoms with Crippen molar-refractivity contribution in [2.75, 3.05) is 12.5 Å². The van der Waals surface area contributed by atoms with E-state index >= 15 is 0 Å². The van der Waals surface area contributed by atoms with E-state index in [2.05, 4.69) is 23.6 Å². The number of ether oxygens (including phenoxy) is 1. The summed E-state index contributed by atoms with van der Waals surface area (Å²) in [5, 5.41) is 1.21. The summed E-state index contributed by atoms with van der Waals surface area (Å²) < 4.78 is 7.32. The molecule has 0 fully saturated rings. The van der Waals surface area contributed by atoms with Crippen molar-refractivity contribution in [2.24, 2.45) is 0 Å². The van der Waals surface area contributed by atoms with Gasteiger partial charge in [0.05, 0.1) is 18.3 Å². The number of aromatic nitrogens is 1. The molecule has 0 saturated heterocycles. The summed E-state index contributed by atoms with van der Waals surface area (Å²) in [5.74, 6) is 0.829. The predicted octanol–water partition coefficient (Wildman–Crippen LogP) is 3.53. The van der Waals surface area contributed by atoms with Crippen LogP contribution in [-0.4, -0.2) is 11.8 Å². The monoisotopic (exact) mass is 238 g/mol. The molecule has 1 N–H and O–H groups in total. The Labute approximate surface area is 106 Å². The average Bonchev–Trinajstić information content (AvgIpc) is 2.83. The highest BCUT2D eigenvalue weighted by Gasteiger charge is 2.03. The van der Waals surface area contributed by atoms with E-state index in [9.17, 15) is 0 Å². The minimum Gasteiger partial charge on any atom is -0.495 e. The number of nitrogens with one attached hydrogen (secondary N) is 1. The highest BCUT2D eigenvalue weighted by atomic mass is 16.5. The average molecular weight is 238 g/mol. The molecule has 0 bridgehead atoms. The SMILES string of the molecule is COc1ccccc1Nn1ccc2ccccc21. The van der Waals surface area contributed by atoms with Gasteiger partial charge in [0.2, 0.25) is 0 Å². The zero-order chi connectivity index (χ0) is 12.4. The first kappa shape index (κ1) is 10.7. The Balaban J connectivity index is 2.01. The highest BCUT2D eigenvalue weighted by Crippen LogP contribution is 2.24. The smallest absolute Gasteiger partial charge is 0.143 e. The van der Waals surface area contributed by atoms with Crippen molar-refractivity contribution < 1.29 is 4.74 Å².